The van der Waals surface area contributed by atoms with Gasteiger partial charge in [0, 0.05) is 24.9 Å². The number of methoxy groups -OCH3 is 1. The van der Waals surface area contributed by atoms with Crippen molar-refractivity contribution >= 4 is 0 Å². The van der Waals surface area contributed by atoms with Crippen molar-refractivity contribution in [3.05, 3.63) is 23.3 Å². The molecule has 0 aliphatic rings. The molecule has 0 saturated carbocycles. The summed E-state index contributed by atoms with van der Waals surface area (Å²) in [5.41, 5.74) is 1.59. The average Bonchev–Trinajstić information content (AvgIpc) is 2.25. The molecule has 0 fully saturated rings. The van der Waals surface area contributed by atoms with Crippen molar-refractivity contribution in [3.63, 3.8) is 0 Å². The maximum Gasteiger partial charge on any atom is 0.160 e. The molecule has 0 aliphatic heterocycles. The van der Waals surface area contributed by atoms with Crippen LogP contribution in [0.3, 0.4) is 0 Å². The fraction of sp³-hybridized carbons (Fsp3) is 0.714. The molecular weight excluding hydrogens is 226 g/mol. The topological polar surface area (TPSA) is 47.0 Å². The first-order chi connectivity index (χ1) is 8.14. The number of nitrogens with zero attached hydrogens (tertiary/aromatic N) is 2. The molecule has 0 bridgehead atoms. The lowest BCUT2D eigenvalue weighted by Gasteiger charge is -2.23. The van der Waals surface area contributed by atoms with Gasteiger partial charge in [-0.05, 0) is 47.6 Å². The van der Waals surface area contributed by atoms with E-state index in [0.717, 1.165) is 23.8 Å². The quantitative estimate of drug-likeness (QED) is 0.893. The number of aromatic nitrogens is 2. The van der Waals surface area contributed by atoms with Crippen LogP contribution in [0.4, 0.5) is 0 Å². The third-order valence-electron chi connectivity index (χ3n) is 2.76. The summed E-state index contributed by atoms with van der Waals surface area (Å²) >= 11 is 0. The standard InChI is InChI=1S/C14H25N3O/c1-10-8-11(9-15-13(2,3)4)17-12(16-10)14(5,6)18-7/h8,15H,9H2,1-7H3. The summed E-state index contributed by atoms with van der Waals surface area (Å²) in [5, 5.41) is 3.43. The summed E-state index contributed by atoms with van der Waals surface area (Å²) in [7, 11) is 1.68. The molecule has 0 aromatic carbocycles. The zero-order valence-corrected chi connectivity index (χ0v) is 12.6. The van der Waals surface area contributed by atoms with Crippen molar-refractivity contribution < 1.29 is 4.74 Å². The molecule has 18 heavy (non-hydrogen) atoms. The number of rotatable bonds is 4. The second kappa shape index (κ2) is 5.33. The predicted molar refractivity (Wildman–Crippen MR) is 73.4 cm³/mol. The van der Waals surface area contributed by atoms with Crippen LogP contribution in [0.2, 0.25) is 0 Å². The Hall–Kier alpha value is -1.00. The Morgan fingerprint density at radius 1 is 1.17 bits per heavy atom. The van der Waals surface area contributed by atoms with Gasteiger partial charge in [-0.3, -0.25) is 0 Å². The molecule has 1 rings (SSSR count). The van der Waals surface area contributed by atoms with Gasteiger partial charge in [0.05, 0.1) is 5.69 Å². The molecule has 4 nitrogen and oxygen atoms in total. The van der Waals surface area contributed by atoms with Crippen molar-refractivity contribution in [1.29, 1.82) is 0 Å². The molecule has 0 aliphatic carbocycles. The smallest absolute Gasteiger partial charge is 0.160 e. The van der Waals surface area contributed by atoms with Gasteiger partial charge in [-0.2, -0.15) is 0 Å². The first-order valence-electron chi connectivity index (χ1n) is 6.29. The van der Waals surface area contributed by atoms with E-state index in [0.29, 0.717) is 0 Å². The number of ether oxygens (including phenoxy) is 1. The highest BCUT2D eigenvalue weighted by Gasteiger charge is 2.24. The molecule has 1 heterocycles. The van der Waals surface area contributed by atoms with Crippen molar-refractivity contribution in [2.75, 3.05) is 7.11 Å². The number of hydrogen-bond donors (Lipinski definition) is 1. The Kier molecular flexibility index (Phi) is 4.46. The molecule has 1 aromatic heterocycles. The lowest BCUT2D eigenvalue weighted by atomic mass is 10.1. The van der Waals surface area contributed by atoms with Crippen LogP contribution < -0.4 is 5.32 Å². The van der Waals surface area contributed by atoms with Crippen molar-refractivity contribution in [3.8, 4) is 0 Å². The minimum Gasteiger partial charge on any atom is -0.371 e. The van der Waals surface area contributed by atoms with Gasteiger partial charge in [0.15, 0.2) is 5.82 Å². The predicted octanol–water partition coefficient (Wildman–Crippen LogP) is 2.55. The molecular formula is C14H25N3O. The molecule has 0 amide bonds. The van der Waals surface area contributed by atoms with Gasteiger partial charge >= 0.3 is 0 Å². The van der Waals surface area contributed by atoms with Gasteiger partial charge in [0.25, 0.3) is 0 Å². The van der Waals surface area contributed by atoms with Crippen molar-refractivity contribution in [2.45, 2.75) is 59.2 Å². The van der Waals surface area contributed by atoms with Gasteiger partial charge in [0.1, 0.15) is 5.60 Å². The molecule has 4 heteroatoms. The summed E-state index contributed by atoms with van der Waals surface area (Å²) in [6.07, 6.45) is 0. The van der Waals surface area contributed by atoms with Gasteiger partial charge in [-0.25, -0.2) is 9.97 Å². The third kappa shape index (κ3) is 4.35. The van der Waals surface area contributed by atoms with Crippen LogP contribution in [0.1, 0.15) is 51.8 Å². The van der Waals surface area contributed by atoms with Gasteiger partial charge < -0.3 is 10.1 Å². The number of aryl methyl sites for hydroxylation is 1. The lowest BCUT2D eigenvalue weighted by Crippen LogP contribution is -2.35. The molecule has 1 N–H and O–H groups in total. The number of nitrogens with one attached hydrogen (secondary N) is 1. The van der Waals surface area contributed by atoms with E-state index in [4.69, 9.17) is 4.74 Å². The molecule has 0 unspecified atom stereocenters. The maximum absolute atomic E-state index is 5.43. The highest BCUT2D eigenvalue weighted by molar-refractivity contribution is 5.13. The van der Waals surface area contributed by atoms with E-state index in [1.807, 2.05) is 26.8 Å². The Labute approximate surface area is 110 Å². The van der Waals surface area contributed by atoms with Crippen LogP contribution in [0.5, 0.6) is 0 Å². The fourth-order valence-corrected chi connectivity index (χ4v) is 1.44. The van der Waals surface area contributed by atoms with Gasteiger partial charge in [-0.1, -0.05) is 0 Å². The average molecular weight is 251 g/mol. The van der Waals surface area contributed by atoms with Crippen LogP contribution in [0.25, 0.3) is 0 Å². The summed E-state index contributed by atoms with van der Waals surface area (Å²) in [6.45, 7) is 13.1. The lowest BCUT2D eigenvalue weighted by molar-refractivity contribution is 0.0111. The minimum absolute atomic E-state index is 0.0792. The highest BCUT2D eigenvalue weighted by atomic mass is 16.5. The SMILES string of the molecule is COC(C)(C)c1nc(C)cc(CNC(C)(C)C)n1. The summed E-state index contributed by atoms with van der Waals surface area (Å²) in [5.74, 6) is 0.732. The minimum atomic E-state index is -0.456. The first kappa shape index (κ1) is 15.1. The fourth-order valence-electron chi connectivity index (χ4n) is 1.44. The molecule has 102 valence electrons. The first-order valence-corrected chi connectivity index (χ1v) is 6.29. The Morgan fingerprint density at radius 3 is 2.28 bits per heavy atom. The Bertz CT molecular complexity index is 408. The molecule has 0 radical (unpaired) electrons. The van der Waals surface area contributed by atoms with E-state index >= 15 is 0 Å². The molecule has 1 aromatic rings. The van der Waals surface area contributed by atoms with Gasteiger partial charge in [-0.15, -0.1) is 0 Å². The van der Waals surface area contributed by atoms with Crippen molar-refractivity contribution in [2.24, 2.45) is 0 Å². The zero-order valence-electron chi connectivity index (χ0n) is 12.6. The zero-order chi connectivity index (χ0) is 14.0. The van der Waals surface area contributed by atoms with E-state index in [1.54, 1.807) is 7.11 Å². The normalized spacial score (nSPS) is 12.8. The van der Waals surface area contributed by atoms with Crippen LogP contribution in [0.15, 0.2) is 6.07 Å². The second-order valence-electron chi connectivity index (χ2n) is 6.14. The van der Waals surface area contributed by atoms with Crippen LogP contribution in [-0.4, -0.2) is 22.6 Å². The third-order valence-corrected chi connectivity index (χ3v) is 2.76. The van der Waals surface area contributed by atoms with Crippen molar-refractivity contribution in [1.82, 2.24) is 15.3 Å². The molecule has 0 spiro atoms. The largest absolute Gasteiger partial charge is 0.371 e. The summed E-state index contributed by atoms with van der Waals surface area (Å²) < 4.78 is 5.43. The monoisotopic (exact) mass is 251 g/mol. The highest BCUT2D eigenvalue weighted by Crippen LogP contribution is 2.20. The van der Waals surface area contributed by atoms with E-state index in [1.165, 1.54) is 0 Å². The van der Waals surface area contributed by atoms with E-state index < -0.39 is 5.60 Å². The van der Waals surface area contributed by atoms with Crippen LogP contribution in [0, 0.1) is 6.92 Å². The van der Waals surface area contributed by atoms with Gasteiger partial charge in [0.2, 0.25) is 0 Å². The Morgan fingerprint density at radius 2 is 1.78 bits per heavy atom. The van der Waals surface area contributed by atoms with E-state index in [2.05, 4.69) is 36.1 Å². The maximum atomic E-state index is 5.43. The molecule has 0 atom stereocenters. The van der Waals surface area contributed by atoms with E-state index in [-0.39, 0.29) is 5.54 Å². The molecule has 0 saturated heterocycles. The number of hydrogen-bond acceptors (Lipinski definition) is 4. The van der Waals surface area contributed by atoms with E-state index in [9.17, 15) is 0 Å². The summed E-state index contributed by atoms with van der Waals surface area (Å²) in [4.78, 5) is 9.04. The Balaban J connectivity index is 2.95. The van der Waals surface area contributed by atoms with Crippen LogP contribution in [-0.2, 0) is 16.9 Å². The van der Waals surface area contributed by atoms with Crippen LogP contribution >= 0.6 is 0 Å². The second-order valence-corrected chi connectivity index (χ2v) is 6.14. The summed E-state index contributed by atoms with van der Waals surface area (Å²) in [6, 6.07) is 2.01.